The van der Waals surface area contributed by atoms with E-state index in [1.807, 2.05) is 60.7 Å². The van der Waals surface area contributed by atoms with Crippen LogP contribution < -0.4 is 4.90 Å². The summed E-state index contributed by atoms with van der Waals surface area (Å²) in [5.74, 6) is 0.585. The van der Waals surface area contributed by atoms with Gasteiger partial charge in [0.1, 0.15) is 27.8 Å². The van der Waals surface area contributed by atoms with Crippen LogP contribution in [0.15, 0.2) is 195 Å². The van der Waals surface area contributed by atoms with E-state index < -0.39 is 0 Å². The number of benzene rings is 8. The fourth-order valence-electron chi connectivity index (χ4n) is 7.73. The van der Waals surface area contributed by atoms with Crippen LogP contribution in [0.4, 0.5) is 17.1 Å². The van der Waals surface area contributed by atoms with Crippen molar-refractivity contribution in [1.82, 2.24) is 4.98 Å². The molecule has 5 nitrogen and oxygen atoms in total. The summed E-state index contributed by atoms with van der Waals surface area (Å²) in [4.78, 5) is 7.28. The maximum atomic E-state index is 6.40. The number of hydrogen-bond acceptors (Lipinski definition) is 5. The van der Waals surface area contributed by atoms with Crippen molar-refractivity contribution in [3.63, 3.8) is 0 Å². The number of aromatic nitrogens is 1. The lowest BCUT2D eigenvalue weighted by atomic mass is 10.0. The molecule has 3 aromatic heterocycles. The molecule has 11 aromatic rings. The fourth-order valence-corrected chi connectivity index (χ4v) is 7.73. The minimum Gasteiger partial charge on any atom is -0.456 e. The molecule has 0 saturated carbocycles. The molecule has 0 fully saturated rings. The Morgan fingerprint density at radius 2 is 0.963 bits per heavy atom. The molecular formula is C49H30N2O3. The van der Waals surface area contributed by atoms with Gasteiger partial charge in [-0.1, -0.05) is 109 Å². The Hall–Kier alpha value is -7.37. The van der Waals surface area contributed by atoms with Crippen LogP contribution in [0.5, 0.6) is 0 Å². The van der Waals surface area contributed by atoms with Gasteiger partial charge in [0.2, 0.25) is 5.89 Å². The van der Waals surface area contributed by atoms with Crippen LogP contribution in [0.1, 0.15) is 0 Å². The van der Waals surface area contributed by atoms with E-state index in [0.717, 1.165) is 94.3 Å². The average Bonchev–Trinajstić information content (AvgIpc) is 3.95. The Morgan fingerprint density at radius 1 is 0.370 bits per heavy atom. The third-order valence-corrected chi connectivity index (χ3v) is 10.3. The third kappa shape index (κ3) is 4.90. The van der Waals surface area contributed by atoms with E-state index in [1.54, 1.807) is 0 Å². The second kappa shape index (κ2) is 12.1. The SMILES string of the molecule is c1ccc(-c2ccc(N(c3ccc(-c4cccc5c4oc4ccccc45)cc3)c3ccc4oc5ccc6oc(-c7ccccc7)nc6c5c4c3)cc2)cc1. The van der Waals surface area contributed by atoms with Crippen LogP contribution in [0.3, 0.4) is 0 Å². The molecule has 0 N–H and O–H groups in total. The summed E-state index contributed by atoms with van der Waals surface area (Å²) in [6.45, 7) is 0. The summed E-state index contributed by atoms with van der Waals surface area (Å²) in [7, 11) is 0. The molecular weight excluding hydrogens is 665 g/mol. The largest absolute Gasteiger partial charge is 0.456 e. The minimum absolute atomic E-state index is 0.585. The average molecular weight is 695 g/mol. The zero-order chi connectivity index (χ0) is 35.6. The van der Waals surface area contributed by atoms with Crippen molar-refractivity contribution in [3.8, 4) is 33.7 Å². The van der Waals surface area contributed by atoms with Gasteiger partial charge >= 0.3 is 0 Å². The van der Waals surface area contributed by atoms with E-state index in [-0.39, 0.29) is 0 Å². The van der Waals surface area contributed by atoms with Gasteiger partial charge in [0.05, 0.1) is 5.39 Å². The van der Waals surface area contributed by atoms with Crippen molar-refractivity contribution in [2.24, 2.45) is 0 Å². The first kappa shape index (κ1) is 30.3. The number of anilines is 3. The highest BCUT2D eigenvalue weighted by atomic mass is 16.4. The first-order valence-corrected chi connectivity index (χ1v) is 18.0. The lowest BCUT2D eigenvalue weighted by Crippen LogP contribution is -2.09. The van der Waals surface area contributed by atoms with E-state index in [9.17, 15) is 0 Å². The summed E-state index contributed by atoms with van der Waals surface area (Å²) in [5.41, 5.74) is 13.3. The molecule has 54 heavy (non-hydrogen) atoms. The van der Waals surface area contributed by atoms with Gasteiger partial charge in [0.25, 0.3) is 0 Å². The summed E-state index contributed by atoms with van der Waals surface area (Å²) in [6.07, 6.45) is 0. The van der Waals surface area contributed by atoms with Crippen molar-refractivity contribution in [2.75, 3.05) is 4.90 Å². The minimum atomic E-state index is 0.585. The van der Waals surface area contributed by atoms with E-state index >= 15 is 0 Å². The topological polar surface area (TPSA) is 55.6 Å². The Morgan fingerprint density at radius 3 is 1.74 bits per heavy atom. The number of para-hydroxylation sites is 2. The molecule has 254 valence electrons. The van der Waals surface area contributed by atoms with Crippen molar-refractivity contribution >= 4 is 72.0 Å². The van der Waals surface area contributed by atoms with Gasteiger partial charge in [0.15, 0.2) is 5.58 Å². The molecule has 0 unspecified atom stereocenters. The van der Waals surface area contributed by atoms with Crippen LogP contribution in [0.25, 0.3) is 88.7 Å². The van der Waals surface area contributed by atoms with Gasteiger partial charge in [-0.05, 0) is 89.5 Å². The zero-order valence-electron chi connectivity index (χ0n) is 28.9. The Labute approximate surface area is 309 Å². The zero-order valence-corrected chi connectivity index (χ0v) is 28.9. The summed E-state index contributed by atoms with van der Waals surface area (Å²) < 4.78 is 19.1. The molecule has 0 bridgehead atoms. The Kier molecular flexibility index (Phi) is 6.79. The van der Waals surface area contributed by atoms with Gasteiger partial charge in [-0.15, -0.1) is 0 Å². The van der Waals surface area contributed by atoms with Crippen LogP contribution in [-0.2, 0) is 0 Å². The molecule has 0 saturated heterocycles. The molecule has 0 radical (unpaired) electrons. The predicted octanol–water partition coefficient (Wildman–Crippen LogP) is 14.1. The highest BCUT2D eigenvalue weighted by molar-refractivity contribution is 6.17. The molecule has 11 rings (SSSR count). The maximum Gasteiger partial charge on any atom is 0.227 e. The molecule has 0 aliphatic heterocycles. The molecule has 5 heteroatoms. The van der Waals surface area contributed by atoms with E-state index in [4.69, 9.17) is 18.2 Å². The highest BCUT2D eigenvalue weighted by Crippen LogP contribution is 2.43. The van der Waals surface area contributed by atoms with Gasteiger partial charge in [-0.2, -0.15) is 0 Å². The third-order valence-electron chi connectivity index (χ3n) is 10.3. The van der Waals surface area contributed by atoms with Crippen LogP contribution in [0.2, 0.25) is 0 Å². The van der Waals surface area contributed by atoms with Crippen molar-refractivity contribution in [3.05, 3.63) is 182 Å². The van der Waals surface area contributed by atoms with Crippen molar-refractivity contribution in [1.29, 1.82) is 0 Å². The van der Waals surface area contributed by atoms with E-state index in [1.165, 1.54) is 5.56 Å². The van der Waals surface area contributed by atoms with Gasteiger partial charge in [-0.3, -0.25) is 0 Å². The van der Waals surface area contributed by atoms with Crippen LogP contribution >= 0.6 is 0 Å². The molecule has 0 spiro atoms. The predicted molar refractivity (Wildman–Crippen MR) is 220 cm³/mol. The van der Waals surface area contributed by atoms with Crippen molar-refractivity contribution < 1.29 is 13.3 Å². The summed E-state index contributed by atoms with van der Waals surface area (Å²) in [6, 6.07) is 62.8. The number of hydrogen-bond donors (Lipinski definition) is 0. The number of furan rings is 2. The standard InChI is InChI=1S/C49H30N2O3/c1-3-10-31(11-4-1)32-18-22-35(23-19-32)51(36-24-20-33(21-25-36)38-15-9-16-40-39-14-7-8-17-42(39)53-48(38)40)37-26-27-43-41(30-37)46-44(52-43)28-29-45-47(46)50-49(54-45)34-12-5-2-6-13-34/h1-30H. The quantitative estimate of drug-likeness (QED) is 0.173. The van der Waals surface area contributed by atoms with Gasteiger partial charge in [0, 0.05) is 44.3 Å². The molecule has 0 aliphatic carbocycles. The number of fused-ring (bicyclic) bond motifs is 8. The lowest BCUT2D eigenvalue weighted by molar-refractivity contribution is 0.619. The van der Waals surface area contributed by atoms with Gasteiger partial charge < -0.3 is 18.2 Å². The summed E-state index contributed by atoms with van der Waals surface area (Å²) in [5, 5.41) is 4.14. The van der Waals surface area contributed by atoms with Gasteiger partial charge in [-0.25, -0.2) is 4.98 Å². The molecule has 0 amide bonds. The van der Waals surface area contributed by atoms with E-state index in [0.29, 0.717) is 5.89 Å². The lowest BCUT2D eigenvalue weighted by Gasteiger charge is -2.26. The molecule has 8 aromatic carbocycles. The molecule has 3 heterocycles. The summed E-state index contributed by atoms with van der Waals surface area (Å²) >= 11 is 0. The molecule has 0 aliphatic rings. The Bertz CT molecular complexity index is 3140. The highest BCUT2D eigenvalue weighted by Gasteiger charge is 2.20. The normalized spacial score (nSPS) is 11.7. The Balaban J connectivity index is 1.06. The second-order valence-electron chi connectivity index (χ2n) is 13.5. The first-order valence-electron chi connectivity index (χ1n) is 18.0. The van der Waals surface area contributed by atoms with Crippen LogP contribution in [0, 0.1) is 0 Å². The number of rotatable bonds is 6. The first-order chi connectivity index (χ1) is 26.7. The maximum absolute atomic E-state index is 6.40. The molecule has 0 atom stereocenters. The second-order valence-corrected chi connectivity index (χ2v) is 13.5. The smallest absolute Gasteiger partial charge is 0.227 e. The fraction of sp³-hybridized carbons (Fsp3) is 0. The van der Waals surface area contributed by atoms with Crippen molar-refractivity contribution in [2.45, 2.75) is 0 Å². The van der Waals surface area contributed by atoms with E-state index in [2.05, 4.69) is 126 Å². The number of oxazole rings is 1. The van der Waals surface area contributed by atoms with Crippen LogP contribution in [-0.4, -0.2) is 4.98 Å². The number of nitrogens with zero attached hydrogens (tertiary/aromatic N) is 2. The monoisotopic (exact) mass is 694 g/mol.